The van der Waals surface area contributed by atoms with Crippen molar-refractivity contribution >= 4 is 16.9 Å². The minimum atomic E-state index is 0.0990. The molecule has 1 aromatic carbocycles. The molecular formula is C19H23NO2. The predicted molar refractivity (Wildman–Crippen MR) is 87.2 cm³/mol. The molecule has 2 aliphatic carbocycles. The summed E-state index contributed by atoms with van der Waals surface area (Å²) in [5, 5.41) is 1.12. The van der Waals surface area contributed by atoms with E-state index < -0.39 is 0 Å². The summed E-state index contributed by atoms with van der Waals surface area (Å²) in [6.07, 6.45) is 4.84. The van der Waals surface area contributed by atoms with Gasteiger partial charge >= 0.3 is 0 Å². The molecule has 0 atom stereocenters. The van der Waals surface area contributed by atoms with E-state index >= 15 is 0 Å². The van der Waals surface area contributed by atoms with Crippen LogP contribution in [0.4, 0.5) is 0 Å². The Hall–Kier alpha value is -1.77. The smallest absolute Gasteiger partial charge is 0.290 e. The summed E-state index contributed by atoms with van der Waals surface area (Å²) >= 11 is 0. The van der Waals surface area contributed by atoms with Crippen molar-refractivity contribution in [3.8, 4) is 0 Å². The Morgan fingerprint density at radius 1 is 1.14 bits per heavy atom. The largest absolute Gasteiger partial charge is 0.450 e. The molecule has 1 heterocycles. The SMILES string of the molecule is Cc1ccc(C)c2c(C)c(C(=O)N(CC3CC3)C3CC3)oc12. The molecule has 0 bridgehead atoms. The standard InChI is InChI=1S/C19H23NO2/c1-11-4-5-12(2)17-16(11)13(3)18(22-17)19(21)20(15-8-9-15)10-14-6-7-14/h4-5,14-15H,6-10H2,1-3H3. The van der Waals surface area contributed by atoms with E-state index in [0.717, 1.165) is 47.4 Å². The molecule has 1 aromatic heterocycles. The number of fused-ring (bicyclic) bond motifs is 1. The van der Waals surface area contributed by atoms with Crippen molar-refractivity contribution in [1.29, 1.82) is 0 Å². The first-order chi connectivity index (χ1) is 10.6. The third kappa shape index (κ3) is 2.23. The summed E-state index contributed by atoms with van der Waals surface area (Å²) in [5.74, 6) is 1.37. The molecular weight excluding hydrogens is 274 g/mol. The van der Waals surface area contributed by atoms with Crippen LogP contribution in [0.3, 0.4) is 0 Å². The van der Waals surface area contributed by atoms with Crippen molar-refractivity contribution < 1.29 is 9.21 Å². The molecule has 3 nitrogen and oxygen atoms in total. The molecule has 0 unspecified atom stereocenters. The number of furan rings is 1. The molecule has 4 rings (SSSR count). The molecule has 0 saturated heterocycles. The van der Waals surface area contributed by atoms with Gasteiger partial charge in [-0.1, -0.05) is 12.1 Å². The monoisotopic (exact) mass is 297 g/mol. The fourth-order valence-electron chi connectivity index (χ4n) is 3.37. The van der Waals surface area contributed by atoms with E-state index in [-0.39, 0.29) is 5.91 Å². The van der Waals surface area contributed by atoms with E-state index in [1.54, 1.807) is 0 Å². The number of aryl methyl sites for hydroxylation is 3. The van der Waals surface area contributed by atoms with Crippen molar-refractivity contribution in [2.45, 2.75) is 52.5 Å². The molecule has 2 fully saturated rings. The van der Waals surface area contributed by atoms with Crippen molar-refractivity contribution in [3.05, 3.63) is 34.6 Å². The minimum Gasteiger partial charge on any atom is -0.450 e. The Morgan fingerprint density at radius 2 is 1.82 bits per heavy atom. The Bertz CT molecular complexity index is 750. The lowest BCUT2D eigenvalue weighted by Crippen LogP contribution is -2.35. The zero-order chi connectivity index (χ0) is 15.4. The van der Waals surface area contributed by atoms with Gasteiger partial charge in [-0.2, -0.15) is 0 Å². The average molecular weight is 297 g/mol. The zero-order valence-corrected chi connectivity index (χ0v) is 13.6. The topological polar surface area (TPSA) is 33.5 Å². The van der Waals surface area contributed by atoms with Crippen molar-refractivity contribution in [1.82, 2.24) is 4.90 Å². The molecule has 0 aliphatic heterocycles. The quantitative estimate of drug-likeness (QED) is 0.839. The van der Waals surface area contributed by atoms with E-state index in [4.69, 9.17) is 4.42 Å². The first kappa shape index (κ1) is 13.9. The van der Waals surface area contributed by atoms with Crippen LogP contribution in [0.5, 0.6) is 0 Å². The zero-order valence-electron chi connectivity index (χ0n) is 13.6. The van der Waals surface area contributed by atoms with Crippen LogP contribution in [0.25, 0.3) is 11.0 Å². The van der Waals surface area contributed by atoms with Crippen LogP contribution in [0, 0.1) is 26.7 Å². The summed E-state index contributed by atoms with van der Waals surface area (Å²) in [7, 11) is 0. The van der Waals surface area contributed by atoms with Crippen LogP contribution in [0.2, 0.25) is 0 Å². The summed E-state index contributed by atoms with van der Waals surface area (Å²) in [4.78, 5) is 15.1. The highest BCUT2D eigenvalue weighted by atomic mass is 16.3. The maximum absolute atomic E-state index is 13.0. The lowest BCUT2D eigenvalue weighted by Gasteiger charge is -2.21. The number of rotatable bonds is 4. The predicted octanol–water partition coefficient (Wildman–Crippen LogP) is 4.37. The van der Waals surface area contributed by atoms with Gasteiger partial charge in [0.25, 0.3) is 5.91 Å². The van der Waals surface area contributed by atoms with Gasteiger partial charge in [-0.3, -0.25) is 4.79 Å². The molecule has 116 valence electrons. The Balaban J connectivity index is 1.76. The van der Waals surface area contributed by atoms with Gasteiger partial charge in [0.15, 0.2) is 5.76 Å². The van der Waals surface area contributed by atoms with Crippen LogP contribution in [0.1, 0.15) is 52.9 Å². The molecule has 2 aromatic rings. The van der Waals surface area contributed by atoms with E-state index in [2.05, 4.69) is 24.0 Å². The van der Waals surface area contributed by atoms with Crippen molar-refractivity contribution in [3.63, 3.8) is 0 Å². The molecule has 22 heavy (non-hydrogen) atoms. The van der Waals surface area contributed by atoms with E-state index in [9.17, 15) is 4.79 Å². The van der Waals surface area contributed by atoms with Crippen molar-refractivity contribution in [2.24, 2.45) is 5.92 Å². The molecule has 1 amide bonds. The lowest BCUT2D eigenvalue weighted by molar-refractivity contribution is 0.0704. The fraction of sp³-hybridized carbons (Fsp3) is 0.526. The van der Waals surface area contributed by atoms with Gasteiger partial charge in [0, 0.05) is 23.5 Å². The number of carbonyl (C=O) groups excluding carboxylic acids is 1. The molecule has 3 heteroatoms. The third-order valence-corrected chi connectivity index (χ3v) is 5.08. The van der Waals surface area contributed by atoms with Gasteiger partial charge in [0.2, 0.25) is 0 Å². The highest BCUT2D eigenvalue weighted by Crippen LogP contribution is 2.37. The molecule has 0 spiro atoms. The average Bonchev–Trinajstić information content (AvgIpc) is 3.38. The Labute approximate surface area is 131 Å². The second kappa shape index (κ2) is 4.87. The number of carbonyl (C=O) groups is 1. The minimum absolute atomic E-state index is 0.0990. The number of hydrogen-bond acceptors (Lipinski definition) is 2. The molecule has 0 N–H and O–H groups in total. The summed E-state index contributed by atoms with van der Waals surface area (Å²) < 4.78 is 6.04. The van der Waals surface area contributed by atoms with Crippen molar-refractivity contribution in [2.75, 3.05) is 6.54 Å². The van der Waals surface area contributed by atoms with Crippen LogP contribution in [-0.2, 0) is 0 Å². The summed E-state index contributed by atoms with van der Waals surface area (Å²) in [6.45, 7) is 7.06. The lowest BCUT2D eigenvalue weighted by atomic mass is 10.0. The first-order valence-corrected chi connectivity index (χ1v) is 8.36. The van der Waals surface area contributed by atoms with Gasteiger partial charge in [-0.25, -0.2) is 0 Å². The van der Waals surface area contributed by atoms with Gasteiger partial charge < -0.3 is 9.32 Å². The normalized spacial score (nSPS) is 18.0. The van der Waals surface area contributed by atoms with Gasteiger partial charge in [0.05, 0.1) is 0 Å². The molecule has 2 saturated carbocycles. The summed E-state index contributed by atoms with van der Waals surface area (Å²) in [6, 6.07) is 4.62. The Kier molecular flexibility index (Phi) is 3.07. The molecule has 2 aliphatic rings. The maximum atomic E-state index is 13.0. The number of nitrogens with zero attached hydrogens (tertiary/aromatic N) is 1. The maximum Gasteiger partial charge on any atom is 0.290 e. The van der Waals surface area contributed by atoms with E-state index in [1.807, 2.05) is 13.8 Å². The van der Waals surface area contributed by atoms with Gasteiger partial charge in [-0.05, 0) is 63.5 Å². The van der Waals surface area contributed by atoms with Gasteiger partial charge in [-0.15, -0.1) is 0 Å². The second-order valence-electron chi connectivity index (χ2n) is 7.09. The second-order valence-corrected chi connectivity index (χ2v) is 7.09. The fourth-order valence-corrected chi connectivity index (χ4v) is 3.37. The number of hydrogen-bond donors (Lipinski definition) is 0. The van der Waals surface area contributed by atoms with Crippen LogP contribution in [-0.4, -0.2) is 23.4 Å². The highest BCUT2D eigenvalue weighted by Gasteiger charge is 2.38. The van der Waals surface area contributed by atoms with Gasteiger partial charge in [0.1, 0.15) is 5.58 Å². The van der Waals surface area contributed by atoms with E-state index in [0.29, 0.717) is 11.8 Å². The number of amides is 1. The third-order valence-electron chi connectivity index (χ3n) is 5.08. The number of benzene rings is 1. The highest BCUT2D eigenvalue weighted by molar-refractivity contribution is 6.00. The van der Waals surface area contributed by atoms with E-state index in [1.165, 1.54) is 18.4 Å². The summed E-state index contributed by atoms with van der Waals surface area (Å²) in [5.41, 5.74) is 4.16. The Morgan fingerprint density at radius 3 is 2.41 bits per heavy atom. The first-order valence-electron chi connectivity index (χ1n) is 8.36. The van der Waals surface area contributed by atoms with Crippen LogP contribution < -0.4 is 0 Å². The molecule has 0 radical (unpaired) electrons. The van der Waals surface area contributed by atoms with Crippen LogP contribution >= 0.6 is 0 Å². The van der Waals surface area contributed by atoms with Crippen LogP contribution in [0.15, 0.2) is 16.5 Å².